The molecule has 0 aliphatic carbocycles. The second-order valence-corrected chi connectivity index (χ2v) is 8.13. The molecule has 0 saturated heterocycles. The van der Waals surface area contributed by atoms with E-state index in [9.17, 15) is 9.90 Å². The number of hydrogen-bond acceptors (Lipinski definition) is 6. The van der Waals surface area contributed by atoms with Gasteiger partial charge >= 0.3 is 0 Å². The van der Waals surface area contributed by atoms with Gasteiger partial charge in [-0.15, -0.1) is 10.2 Å². The van der Waals surface area contributed by atoms with Gasteiger partial charge in [-0.05, 0) is 31.5 Å². The maximum atomic E-state index is 12.7. The van der Waals surface area contributed by atoms with Crippen LogP contribution in [0.2, 0.25) is 0 Å². The first-order valence-electron chi connectivity index (χ1n) is 10.8. The van der Waals surface area contributed by atoms with Crippen molar-refractivity contribution in [2.24, 2.45) is 0 Å². The number of methoxy groups -OCH3 is 1. The molecule has 1 aromatic heterocycles. The largest absolute Gasteiger partial charge is 0.504 e. The molecule has 32 heavy (non-hydrogen) atoms. The normalized spacial score (nSPS) is 15.0. The van der Waals surface area contributed by atoms with Gasteiger partial charge in [-0.1, -0.05) is 30.3 Å². The Balaban J connectivity index is 1.44. The van der Waals surface area contributed by atoms with E-state index in [1.54, 1.807) is 13.2 Å². The number of rotatable bonds is 6. The Hall–Kier alpha value is -3.39. The molecule has 1 unspecified atom stereocenters. The van der Waals surface area contributed by atoms with E-state index in [2.05, 4.69) is 25.0 Å². The lowest BCUT2D eigenvalue weighted by atomic mass is 10.1. The van der Waals surface area contributed by atoms with Gasteiger partial charge < -0.3 is 19.7 Å². The predicted molar refractivity (Wildman–Crippen MR) is 121 cm³/mol. The van der Waals surface area contributed by atoms with Gasteiger partial charge in [0.25, 0.3) is 5.91 Å². The number of fused-ring (bicyclic) bond motifs is 1. The maximum Gasteiger partial charge on any atom is 0.252 e. The highest BCUT2D eigenvalue weighted by Crippen LogP contribution is 2.30. The van der Waals surface area contributed by atoms with Crippen LogP contribution < -0.4 is 10.1 Å². The molecule has 2 aromatic carbocycles. The molecule has 1 amide bonds. The highest BCUT2D eigenvalue weighted by atomic mass is 16.5. The van der Waals surface area contributed by atoms with Crippen LogP contribution in [-0.4, -0.2) is 50.9 Å². The summed E-state index contributed by atoms with van der Waals surface area (Å²) in [7, 11) is 1.55. The molecule has 1 atom stereocenters. The smallest absolute Gasteiger partial charge is 0.252 e. The fourth-order valence-electron chi connectivity index (χ4n) is 4.14. The molecule has 2 heterocycles. The molecule has 0 radical (unpaired) electrons. The molecule has 0 bridgehead atoms. The number of aromatic hydroxyl groups is 1. The summed E-state index contributed by atoms with van der Waals surface area (Å²) in [5.74, 6) is 2.22. The molecule has 1 aliphatic rings. The topological polar surface area (TPSA) is 92.5 Å². The first-order chi connectivity index (χ1) is 15.5. The van der Waals surface area contributed by atoms with Crippen LogP contribution in [0.25, 0.3) is 0 Å². The van der Waals surface area contributed by atoms with Crippen molar-refractivity contribution in [1.82, 2.24) is 25.0 Å². The van der Waals surface area contributed by atoms with E-state index in [4.69, 9.17) is 4.74 Å². The van der Waals surface area contributed by atoms with Crippen LogP contribution in [0.3, 0.4) is 0 Å². The predicted octanol–water partition coefficient (Wildman–Crippen LogP) is 2.85. The lowest BCUT2D eigenvalue weighted by Crippen LogP contribution is -2.30. The number of phenols is 1. The van der Waals surface area contributed by atoms with Crippen LogP contribution >= 0.6 is 0 Å². The summed E-state index contributed by atoms with van der Waals surface area (Å²) >= 11 is 0. The molecule has 168 valence electrons. The number of carbonyl (C=O) groups is 1. The number of nitrogens with one attached hydrogen (secondary N) is 1. The number of aryl methyl sites for hydroxylation is 1. The van der Waals surface area contributed by atoms with Crippen molar-refractivity contribution in [1.29, 1.82) is 0 Å². The summed E-state index contributed by atoms with van der Waals surface area (Å²) in [4.78, 5) is 15.0. The molecule has 2 N–H and O–H groups in total. The molecule has 1 aliphatic heterocycles. The van der Waals surface area contributed by atoms with Crippen LogP contribution in [-0.2, 0) is 19.5 Å². The van der Waals surface area contributed by atoms with E-state index in [0.717, 1.165) is 42.3 Å². The van der Waals surface area contributed by atoms with Gasteiger partial charge in [-0.2, -0.15) is 0 Å². The van der Waals surface area contributed by atoms with Crippen LogP contribution in [0, 0.1) is 6.92 Å². The molecule has 8 heteroatoms. The third-order valence-corrected chi connectivity index (χ3v) is 5.97. The fourth-order valence-corrected chi connectivity index (χ4v) is 4.14. The minimum atomic E-state index is -0.266. The number of aromatic nitrogens is 3. The van der Waals surface area contributed by atoms with E-state index >= 15 is 0 Å². The molecule has 3 aromatic rings. The van der Waals surface area contributed by atoms with Gasteiger partial charge in [-0.3, -0.25) is 9.69 Å². The summed E-state index contributed by atoms with van der Waals surface area (Å²) in [6.07, 6.45) is 0.746. The van der Waals surface area contributed by atoms with E-state index < -0.39 is 0 Å². The standard InChI is InChI=1S/C24H29N5O3/c1-16-7-4-5-9-19(16)24(31)25-17(2)23-27-26-21-11-12-28(13-14-29(21)23)15-18-8-6-10-20(32-3)22(18)30/h4-10,17,30H,11-15H2,1-3H3,(H,25,31). The zero-order valence-electron chi connectivity index (χ0n) is 18.7. The van der Waals surface area contributed by atoms with Crippen LogP contribution in [0.1, 0.15) is 46.1 Å². The van der Waals surface area contributed by atoms with E-state index in [-0.39, 0.29) is 17.7 Å². The average molecular weight is 436 g/mol. The van der Waals surface area contributed by atoms with Crippen LogP contribution in [0.5, 0.6) is 11.5 Å². The molecular weight excluding hydrogens is 406 g/mol. The Morgan fingerprint density at radius 3 is 2.75 bits per heavy atom. The van der Waals surface area contributed by atoms with Gasteiger partial charge in [0.1, 0.15) is 5.82 Å². The van der Waals surface area contributed by atoms with Gasteiger partial charge in [0.05, 0.1) is 13.2 Å². The van der Waals surface area contributed by atoms with Gasteiger partial charge in [-0.25, -0.2) is 0 Å². The minimum Gasteiger partial charge on any atom is -0.504 e. The van der Waals surface area contributed by atoms with Crippen molar-refractivity contribution in [2.45, 2.75) is 39.4 Å². The highest BCUT2D eigenvalue weighted by molar-refractivity contribution is 5.95. The third kappa shape index (κ3) is 4.45. The molecular formula is C24H29N5O3. The first-order valence-corrected chi connectivity index (χ1v) is 10.8. The number of ether oxygens (including phenoxy) is 1. The summed E-state index contributed by atoms with van der Waals surface area (Å²) in [6, 6.07) is 12.8. The number of para-hydroxylation sites is 1. The zero-order valence-corrected chi connectivity index (χ0v) is 18.7. The number of hydrogen-bond donors (Lipinski definition) is 2. The number of benzene rings is 2. The van der Waals surface area contributed by atoms with Crippen molar-refractivity contribution in [3.8, 4) is 11.5 Å². The zero-order chi connectivity index (χ0) is 22.7. The summed E-state index contributed by atoms with van der Waals surface area (Å²) in [5.41, 5.74) is 2.44. The second kappa shape index (κ2) is 9.40. The van der Waals surface area contributed by atoms with Crippen molar-refractivity contribution in [3.05, 3.63) is 70.8 Å². The minimum absolute atomic E-state index is 0.114. The molecule has 4 rings (SSSR count). The summed E-state index contributed by atoms with van der Waals surface area (Å²) < 4.78 is 7.33. The number of nitrogens with zero attached hydrogens (tertiary/aromatic N) is 4. The Bertz CT molecular complexity index is 1110. The summed E-state index contributed by atoms with van der Waals surface area (Å²) in [6.45, 7) is 6.79. The molecule has 0 spiro atoms. The number of amides is 1. The first kappa shape index (κ1) is 21.8. The van der Waals surface area contributed by atoms with Gasteiger partial charge in [0.2, 0.25) is 0 Å². The fraction of sp³-hybridized carbons (Fsp3) is 0.375. The third-order valence-electron chi connectivity index (χ3n) is 5.97. The van der Waals surface area contributed by atoms with Crippen molar-refractivity contribution >= 4 is 5.91 Å². The second-order valence-electron chi connectivity index (χ2n) is 8.13. The molecule has 8 nitrogen and oxygen atoms in total. The van der Waals surface area contributed by atoms with E-state index in [1.165, 1.54) is 0 Å². The number of phenolic OH excluding ortho intramolecular Hbond substituents is 1. The molecule has 0 saturated carbocycles. The Labute approximate surface area is 187 Å². The number of carbonyl (C=O) groups excluding carboxylic acids is 1. The van der Waals surface area contributed by atoms with Crippen molar-refractivity contribution in [2.75, 3.05) is 20.2 Å². The maximum absolute atomic E-state index is 12.7. The monoisotopic (exact) mass is 435 g/mol. The van der Waals surface area contributed by atoms with Crippen LogP contribution in [0.15, 0.2) is 42.5 Å². The molecule has 0 fully saturated rings. The summed E-state index contributed by atoms with van der Waals surface area (Å²) in [5, 5.41) is 22.2. The van der Waals surface area contributed by atoms with E-state index in [1.807, 2.05) is 50.2 Å². The lowest BCUT2D eigenvalue weighted by Gasteiger charge is -2.21. The Morgan fingerprint density at radius 2 is 1.97 bits per heavy atom. The van der Waals surface area contributed by atoms with Gasteiger partial charge in [0.15, 0.2) is 17.3 Å². The quantitative estimate of drug-likeness (QED) is 0.619. The lowest BCUT2D eigenvalue weighted by molar-refractivity contribution is 0.0937. The van der Waals surface area contributed by atoms with Crippen molar-refractivity contribution < 1.29 is 14.6 Å². The van der Waals surface area contributed by atoms with Crippen molar-refractivity contribution in [3.63, 3.8) is 0 Å². The Kier molecular flexibility index (Phi) is 6.41. The highest BCUT2D eigenvalue weighted by Gasteiger charge is 2.24. The van der Waals surface area contributed by atoms with Gasteiger partial charge in [0, 0.05) is 43.7 Å². The van der Waals surface area contributed by atoms with E-state index in [0.29, 0.717) is 24.4 Å². The van der Waals surface area contributed by atoms with Crippen LogP contribution in [0.4, 0.5) is 0 Å². The average Bonchev–Trinajstić information content (AvgIpc) is 3.09. The SMILES string of the molecule is COc1cccc(CN2CCc3nnc(C(C)NC(=O)c4ccccc4C)n3CC2)c1O. The Morgan fingerprint density at radius 1 is 1.16 bits per heavy atom.